The van der Waals surface area contributed by atoms with E-state index in [-0.39, 0.29) is 6.10 Å². The van der Waals surface area contributed by atoms with Crippen molar-refractivity contribution in [2.24, 2.45) is 5.92 Å². The quantitative estimate of drug-likeness (QED) is 0.620. The van der Waals surface area contributed by atoms with Gasteiger partial charge in [-0.3, -0.25) is 0 Å². The minimum Gasteiger partial charge on any atom is -0.393 e. The Bertz CT molecular complexity index is 143. The van der Waals surface area contributed by atoms with Crippen LogP contribution in [0.1, 0.15) is 38.5 Å². The smallest absolute Gasteiger partial charge is 0.0583 e. The van der Waals surface area contributed by atoms with Crippen molar-refractivity contribution < 1.29 is 5.11 Å². The van der Waals surface area contributed by atoms with E-state index in [2.05, 4.69) is 5.32 Å². The highest BCUT2D eigenvalue weighted by molar-refractivity contribution is 4.87. The fraction of sp³-hybridized carbons (Fsp3) is 1.00. The van der Waals surface area contributed by atoms with E-state index in [0.29, 0.717) is 12.0 Å². The fourth-order valence-electron chi connectivity index (χ4n) is 2.69. The van der Waals surface area contributed by atoms with Gasteiger partial charge in [0, 0.05) is 12.0 Å². The Kier molecular flexibility index (Phi) is 2.66. The van der Waals surface area contributed by atoms with Crippen LogP contribution in [0.15, 0.2) is 0 Å². The van der Waals surface area contributed by atoms with Crippen LogP contribution >= 0.6 is 0 Å². The molecule has 1 heterocycles. The summed E-state index contributed by atoms with van der Waals surface area (Å²) in [4.78, 5) is 0. The third-order valence-electron chi connectivity index (χ3n) is 3.40. The molecule has 2 N–H and O–H groups in total. The lowest BCUT2D eigenvalue weighted by atomic mass is 9.81. The van der Waals surface area contributed by atoms with Crippen molar-refractivity contribution in [2.75, 3.05) is 6.54 Å². The largest absolute Gasteiger partial charge is 0.393 e. The molecule has 70 valence electrons. The average Bonchev–Trinajstić information content (AvgIpc) is 2.57. The molecule has 0 amide bonds. The molecule has 2 rings (SSSR count). The van der Waals surface area contributed by atoms with E-state index in [0.717, 1.165) is 13.0 Å². The predicted molar refractivity (Wildman–Crippen MR) is 49.0 cm³/mol. The van der Waals surface area contributed by atoms with Crippen molar-refractivity contribution in [2.45, 2.75) is 50.7 Å². The van der Waals surface area contributed by atoms with Crippen LogP contribution in [0.4, 0.5) is 0 Å². The van der Waals surface area contributed by atoms with E-state index in [9.17, 15) is 5.11 Å². The van der Waals surface area contributed by atoms with Crippen LogP contribution in [0.5, 0.6) is 0 Å². The maximum atomic E-state index is 9.79. The second-order valence-electron chi connectivity index (χ2n) is 4.22. The summed E-state index contributed by atoms with van der Waals surface area (Å²) in [7, 11) is 0. The van der Waals surface area contributed by atoms with Gasteiger partial charge in [0.05, 0.1) is 6.10 Å². The first-order valence-electron chi connectivity index (χ1n) is 5.29. The number of rotatable bonds is 1. The summed E-state index contributed by atoms with van der Waals surface area (Å²) in [6.45, 7) is 1.16. The highest BCUT2D eigenvalue weighted by Crippen LogP contribution is 2.30. The zero-order valence-corrected chi connectivity index (χ0v) is 7.63. The molecule has 2 heteroatoms. The van der Waals surface area contributed by atoms with Gasteiger partial charge >= 0.3 is 0 Å². The monoisotopic (exact) mass is 169 g/mol. The molecule has 1 saturated carbocycles. The zero-order valence-electron chi connectivity index (χ0n) is 7.63. The van der Waals surface area contributed by atoms with Crippen molar-refractivity contribution in [1.82, 2.24) is 5.32 Å². The number of aliphatic hydroxyl groups excluding tert-OH is 1. The molecule has 2 aliphatic rings. The Morgan fingerprint density at radius 2 is 1.83 bits per heavy atom. The minimum absolute atomic E-state index is 0.0191. The SMILES string of the molecule is OC1CCCCC1C1CCCN1. The average molecular weight is 169 g/mol. The molecule has 1 aliphatic heterocycles. The van der Waals surface area contributed by atoms with Gasteiger partial charge in [-0.25, -0.2) is 0 Å². The van der Waals surface area contributed by atoms with Crippen LogP contribution in [0.25, 0.3) is 0 Å². The first-order valence-corrected chi connectivity index (χ1v) is 5.29. The normalized spacial score (nSPS) is 43.2. The molecular formula is C10H19NO. The molecule has 0 aromatic heterocycles. The Balaban J connectivity index is 1.91. The molecule has 2 fully saturated rings. The Hall–Kier alpha value is -0.0800. The fourth-order valence-corrected chi connectivity index (χ4v) is 2.69. The van der Waals surface area contributed by atoms with Gasteiger partial charge in [0.15, 0.2) is 0 Å². The van der Waals surface area contributed by atoms with Gasteiger partial charge in [0.25, 0.3) is 0 Å². The van der Waals surface area contributed by atoms with E-state index < -0.39 is 0 Å². The molecular weight excluding hydrogens is 150 g/mol. The second kappa shape index (κ2) is 3.75. The summed E-state index contributed by atoms with van der Waals surface area (Å²) >= 11 is 0. The van der Waals surface area contributed by atoms with E-state index in [1.165, 1.54) is 32.1 Å². The maximum absolute atomic E-state index is 9.79. The van der Waals surface area contributed by atoms with E-state index in [4.69, 9.17) is 0 Å². The van der Waals surface area contributed by atoms with Crippen LogP contribution in [-0.2, 0) is 0 Å². The molecule has 12 heavy (non-hydrogen) atoms. The van der Waals surface area contributed by atoms with E-state index in [1.54, 1.807) is 0 Å². The molecule has 3 atom stereocenters. The molecule has 0 bridgehead atoms. The van der Waals surface area contributed by atoms with Gasteiger partial charge < -0.3 is 10.4 Å². The van der Waals surface area contributed by atoms with E-state index in [1.807, 2.05) is 0 Å². The van der Waals surface area contributed by atoms with Gasteiger partial charge in [0.1, 0.15) is 0 Å². The Morgan fingerprint density at radius 3 is 2.50 bits per heavy atom. The lowest BCUT2D eigenvalue weighted by Gasteiger charge is -2.32. The van der Waals surface area contributed by atoms with Gasteiger partial charge in [-0.1, -0.05) is 12.8 Å². The zero-order chi connectivity index (χ0) is 8.39. The number of hydrogen-bond acceptors (Lipinski definition) is 2. The standard InChI is InChI=1S/C10H19NO/c12-10-6-2-1-4-8(10)9-5-3-7-11-9/h8-12H,1-7H2. The summed E-state index contributed by atoms with van der Waals surface area (Å²) in [5, 5.41) is 13.3. The second-order valence-corrected chi connectivity index (χ2v) is 4.22. The molecule has 0 spiro atoms. The lowest BCUT2D eigenvalue weighted by molar-refractivity contribution is 0.0521. The van der Waals surface area contributed by atoms with Crippen LogP contribution < -0.4 is 5.32 Å². The summed E-state index contributed by atoms with van der Waals surface area (Å²) in [5.41, 5.74) is 0. The van der Waals surface area contributed by atoms with Gasteiger partial charge in [-0.05, 0) is 32.2 Å². The lowest BCUT2D eigenvalue weighted by Crippen LogP contribution is -2.39. The molecule has 1 aliphatic carbocycles. The van der Waals surface area contributed by atoms with Crippen LogP contribution in [0.2, 0.25) is 0 Å². The van der Waals surface area contributed by atoms with Gasteiger partial charge in [-0.15, -0.1) is 0 Å². The maximum Gasteiger partial charge on any atom is 0.0583 e. The predicted octanol–water partition coefficient (Wildman–Crippen LogP) is 1.29. The van der Waals surface area contributed by atoms with Gasteiger partial charge in [-0.2, -0.15) is 0 Å². The van der Waals surface area contributed by atoms with Crippen molar-refractivity contribution in [3.63, 3.8) is 0 Å². The summed E-state index contributed by atoms with van der Waals surface area (Å²) in [5.74, 6) is 0.557. The van der Waals surface area contributed by atoms with Crippen molar-refractivity contribution in [3.8, 4) is 0 Å². The third-order valence-corrected chi connectivity index (χ3v) is 3.40. The molecule has 0 radical (unpaired) electrons. The Labute approximate surface area is 74.4 Å². The summed E-state index contributed by atoms with van der Waals surface area (Å²) in [6, 6.07) is 0.625. The molecule has 0 aromatic carbocycles. The highest BCUT2D eigenvalue weighted by atomic mass is 16.3. The molecule has 0 aromatic rings. The first-order chi connectivity index (χ1) is 5.88. The van der Waals surface area contributed by atoms with Crippen LogP contribution in [-0.4, -0.2) is 23.8 Å². The third kappa shape index (κ3) is 1.64. The number of aliphatic hydroxyl groups is 1. The summed E-state index contributed by atoms with van der Waals surface area (Å²) < 4.78 is 0. The number of hydrogen-bond donors (Lipinski definition) is 2. The summed E-state index contributed by atoms with van der Waals surface area (Å²) in [6.07, 6.45) is 7.37. The van der Waals surface area contributed by atoms with Crippen molar-refractivity contribution in [3.05, 3.63) is 0 Å². The van der Waals surface area contributed by atoms with Gasteiger partial charge in [0.2, 0.25) is 0 Å². The van der Waals surface area contributed by atoms with Crippen LogP contribution in [0, 0.1) is 5.92 Å². The van der Waals surface area contributed by atoms with E-state index >= 15 is 0 Å². The molecule has 1 saturated heterocycles. The number of nitrogens with one attached hydrogen (secondary N) is 1. The minimum atomic E-state index is -0.0191. The molecule has 2 nitrogen and oxygen atoms in total. The van der Waals surface area contributed by atoms with Crippen LogP contribution in [0.3, 0.4) is 0 Å². The highest BCUT2D eigenvalue weighted by Gasteiger charge is 2.31. The Morgan fingerprint density at radius 1 is 1.00 bits per heavy atom. The molecule has 3 unspecified atom stereocenters. The topological polar surface area (TPSA) is 32.3 Å². The van der Waals surface area contributed by atoms with Crippen molar-refractivity contribution in [1.29, 1.82) is 0 Å². The first kappa shape index (κ1) is 8.52. The van der Waals surface area contributed by atoms with Crippen molar-refractivity contribution >= 4 is 0 Å².